The molecule has 2 rings (SSSR count). The second-order valence-electron chi connectivity index (χ2n) is 5.35. The number of aryl methyl sites for hydroxylation is 1. The minimum Gasteiger partial charge on any atom is -0.497 e. The van der Waals surface area contributed by atoms with E-state index in [2.05, 4.69) is 10.6 Å². The molecule has 0 radical (unpaired) electrons. The van der Waals surface area contributed by atoms with Crippen molar-refractivity contribution in [3.05, 3.63) is 53.0 Å². The fourth-order valence-corrected chi connectivity index (χ4v) is 2.27. The van der Waals surface area contributed by atoms with Crippen molar-refractivity contribution < 1.29 is 28.6 Å². The van der Waals surface area contributed by atoms with E-state index < -0.39 is 11.9 Å². The van der Waals surface area contributed by atoms with Gasteiger partial charge in [-0.25, -0.2) is 4.79 Å². The van der Waals surface area contributed by atoms with Crippen LogP contribution in [-0.4, -0.2) is 43.1 Å². The van der Waals surface area contributed by atoms with Gasteiger partial charge in [0.25, 0.3) is 11.8 Å². The van der Waals surface area contributed by atoms with Crippen molar-refractivity contribution in [3.63, 3.8) is 0 Å². The lowest BCUT2D eigenvalue weighted by Gasteiger charge is -2.07. The normalized spacial score (nSPS) is 10.2. The van der Waals surface area contributed by atoms with Crippen molar-refractivity contribution in [3.8, 4) is 5.75 Å². The molecule has 8 nitrogen and oxygen atoms in total. The fourth-order valence-electron chi connectivity index (χ4n) is 2.27. The molecular formula is C18H20N2O6. The van der Waals surface area contributed by atoms with Gasteiger partial charge < -0.3 is 24.9 Å². The number of hydrogen-bond donors (Lipinski definition) is 3. The van der Waals surface area contributed by atoms with Gasteiger partial charge in [0.15, 0.2) is 5.76 Å². The number of furan rings is 1. The summed E-state index contributed by atoms with van der Waals surface area (Å²) in [6.45, 7) is 2.12. The van der Waals surface area contributed by atoms with Gasteiger partial charge in [-0.05, 0) is 24.3 Å². The molecule has 1 aromatic carbocycles. The van der Waals surface area contributed by atoms with E-state index in [1.54, 1.807) is 38.3 Å². The highest BCUT2D eigenvalue weighted by atomic mass is 16.5. The monoisotopic (exact) mass is 360 g/mol. The van der Waals surface area contributed by atoms with Crippen LogP contribution >= 0.6 is 0 Å². The average molecular weight is 360 g/mol. The second kappa shape index (κ2) is 8.70. The Bertz CT molecular complexity index is 795. The summed E-state index contributed by atoms with van der Waals surface area (Å²) in [5, 5.41) is 14.3. The third-order valence-electron chi connectivity index (χ3n) is 3.63. The molecule has 0 aliphatic heterocycles. The number of aromatic carboxylic acids is 1. The van der Waals surface area contributed by atoms with Crippen LogP contribution in [0.1, 0.15) is 44.0 Å². The van der Waals surface area contributed by atoms with Gasteiger partial charge in [-0.15, -0.1) is 0 Å². The molecule has 0 atom stereocenters. The Labute approximate surface area is 150 Å². The zero-order chi connectivity index (χ0) is 19.1. The number of rotatable bonds is 8. The SMILES string of the molecule is CCc1oc(C(=O)NCCNC(=O)c2ccc(OC)cc2)cc1C(=O)O. The summed E-state index contributed by atoms with van der Waals surface area (Å²) in [4.78, 5) is 35.1. The van der Waals surface area contributed by atoms with Crippen LogP contribution in [0.3, 0.4) is 0 Å². The van der Waals surface area contributed by atoms with Gasteiger partial charge in [0, 0.05) is 31.1 Å². The number of methoxy groups -OCH3 is 1. The Morgan fingerprint density at radius 3 is 2.19 bits per heavy atom. The van der Waals surface area contributed by atoms with Crippen molar-refractivity contribution in [1.29, 1.82) is 0 Å². The Morgan fingerprint density at radius 1 is 1.08 bits per heavy atom. The van der Waals surface area contributed by atoms with E-state index in [4.69, 9.17) is 14.3 Å². The van der Waals surface area contributed by atoms with Crippen molar-refractivity contribution >= 4 is 17.8 Å². The molecule has 0 saturated heterocycles. The molecule has 1 aromatic heterocycles. The fraction of sp³-hybridized carbons (Fsp3) is 0.278. The van der Waals surface area contributed by atoms with Gasteiger partial charge in [0.05, 0.1) is 7.11 Å². The molecule has 26 heavy (non-hydrogen) atoms. The summed E-state index contributed by atoms with van der Waals surface area (Å²) >= 11 is 0. The summed E-state index contributed by atoms with van der Waals surface area (Å²) in [5.41, 5.74) is 0.451. The second-order valence-corrected chi connectivity index (χ2v) is 5.35. The predicted octanol–water partition coefficient (Wildman–Crippen LogP) is 1.71. The highest BCUT2D eigenvalue weighted by molar-refractivity contribution is 5.96. The summed E-state index contributed by atoms with van der Waals surface area (Å²) in [6.07, 6.45) is 0.368. The maximum atomic E-state index is 12.0. The van der Waals surface area contributed by atoms with E-state index in [-0.39, 0.29) is 36.1 Å². The molecule has 0 saturated carbocycles. The third-order valence-corrected chi connectivity index (χ3v) is 3.63. The summed E-state index contributed by atoms with van der Waals surface area (Å²) in [7, 11) is 1.54. The summed E-state index contributed by atoms with van der Waals surface area (Å²) in [6, 6.07) is 7.83. The average Bonchev–Trinajstić information content (AvgIpc) is 3.10. The molecule has 138 valence electrons. The molecule has 2 aromatic rings. The van der Waals surface area contributed by atoms with Gasteiger partial charge in [-0.2, -0.15) is 0 Å². The van der Waals surface area contributed by atoms with E-state index in [9.17, 15) is 14.4 Å². The predicted molar refractivity (Wildman–Crippen MR) is 92.7 cm³/mol. The van der Waals surface area contributed by atoms with Crippen LogP contribution in [0.15, 0.2) is 34.7 Å². The lowest BCUT2D eigenvalue weighted by Crippen LogP contribution is -2.34. The number of carboxylic acid groups (broad SMARTS) is 1. The number of ether oxygens (including phenoxy) is 1. The summed E-state index contributed by atoms with van der Waals surface area (Å²) in [5.74, 6) is -1.13. The first-order valence-corrected chi connectivity index (χ1v) is 8.02. The lowest BCUT2D eigenvalue weighted by molar-refractivity contribution is 0.0693. The Hall–Kier alpha value is -3.29. The van der Waals surface area contributed by atoms with Gasteiger partial charge in [0.2, 0.25) is 0 Å². The van der Waals surface area contributed by atoms with E-state index >= 15 is 0 Å². The minimum absolute atomic E-state index is 0.0227. The van der Waals surface area contributed by atoms with Crippen LogP contribution in [0.25, 0.3) is 0 Å². The van der Waals surface area contributed by atoms with Crippen molar-refractivity contribution in [2.24, 2.45) is 0 Å². The molecule has 0 aliphatic carbocycles. The number of nitrogens with one attached hydrogen (secondary N) is 2. The number of benzene rings is 1. The van der Waals surface area contributed by atoms with Gasteiger partial charge >= 0.3 is 5.97 Å². The van der Waals surface area contributed by atoms with E-state index in [1.165, 1.54) is 6.07 Å². The van der Waals surface area contributed by atoms with Gasteiger partial charge in [-0.1, -0.05) is 6.92 Å². The molecular weight excluding hydrogens is 340 g/mol. The third kappa shape index (κ3) is 4.62. The first-order valence-electron chi connectivity index (χ1n) is 8.02. The Morgan fingerprint density at radius 2 is 1.69 bits per heavy atom. The van der Waals surface area contributed by atoms with E-state index in [1.807, 2.05) is 0 Å². The lowest BCUT2D eigenvalue weighted by atomic mass is 10.2. The zero-order valence-corrected chi connectivity index (χ0v) is 14.5. The topological polar surface area (TPSA) is 118 Å². The molecule has 1 heterocycles. The first kappa shape index (κ1) is 19.0. The number of amides is 2. The number of carboxylic acids is 1. The van der Waals surface area contributed by atoms with Gasteiger partial charge in [-0.3, -0.25) is 9.59 Å². The molecule has 0 fully saturated rings. The molecule has 0 aliphatic rings. The molecule has 0 spiro atoms. The van der Waals surface area contributed by atoms with Crippen LogP contribution in [0.5, 0.6) is 5.75 Å². The van der Waals surface area contributed by atoms with Crippen molar-refractivity contribution in [2.75, 3.05) is 20.2 Å². The van der Waals surface area contributed by atoms with E-state index in [0.717, 1.165) is 0 Å². The highest BCUT2D eigenvalue weighted by Gasteiger charge is 2.19. The minimum atomic E-state index is -1.14. The smallest absolute Gasteiger partial charge is 0.339 e. The van der Waals surface area contributed by atoms with Crippen LogP contribution < -0.4 is 15.4 Å². The van der Waals surface area contributed by atoms with Crippen molar-refractivity contribution in [1.82, 2.24) is 10.6 Å². The maximum absolute atomic E-state index is 12.0. The van der Waals surface area contributed by atoms with Crippen molar-refractivity contribution in [2.45, 2.75) is 13.3 Å². The van der Waals surface area contributed by atoms with Crippen LogP contribution in [0.4, 0.5) is 0 Å². The number of hydrogen-bond acceptors (Lipinski definition) is 5. The zero-order valence-electron chi connectivity index (χ0n) is 14.5. The largest absolute Gasteiger partial charge is 0.497 e. The molecule has 8 heteroatoms. The molecule has 3 N–H and O–H groups in total. The maximum Gasteiger partial charge on any atom is 0.339 e. The standard InChI is InChI=1S/C18H20N2O6/c1-3-14-13(18(23)24)10-15(26-14)17(22)20-9-8-19-16(21)11-4-6-12(25-2)7-5-11/h4-7,10H,3,8-9H2,1-2H3,(H,19,21)(H,20,22)(H,23,24). The molecule has 2 amide bonds. The van der Waals surface area contributed by atoms with Crippen LogP contribution in [-0.2, 0) is 6.42 Å². The van der Waals surface area contributed by atoms with Crippen LogP contribution in [0, 0.1) is 0 Å². The highest BCUT2D eigenvalue weighted by Crippen LogP contribution is 2.16. The molecule has 0 bridgehead atoms. The number of carbonyl (C=O) groups excluding carboxylic acids is 2. The Balaban J connectivity index is 1.82. The Kier molecular flexibility index (Phi) is 6.37. The first-order chi connectivity index (χ1) is 12.5. The van der Waals surface area contributed by atoms with Crippen LogP contribution in [0.2, 0.25) is 0 Å². The summed E-state index contributed by atoms with van der Waals surface area (Å²) < 4.78 is 10.3. The van der Waals surface area contributed by atoms with E-state index in [0.29, 0.717) is 17.7 Å². The van der Waals surface area contributed by atoms with Gasteiger partial charge in [0.1, 0.15) is 17.1 Å². The quantitative estimate of drug-likeness (QED) is 0.617. The number of carbonyl (C=O) groups is 3. The molecule has 0 unspecified atom stereocenters.